The molecule has 3 N–H and O–H groups in total. The zero-order chi connectivity index (χ0) is 23.3. The Bertz CT molecular complexity index is 1440. The van der Waals surface area contributed by atoms with E-state index in [0.717, 1.165) is 24.8 Å². The summed E-state index contributed by atoms with van der Waals surface area (Å²) in [4.78, 5) is 31.5. The highest BCUT2D eigenvalue weighted by atomic mass is 16.1. The van der Waals surface area contributed by atoms with Crippen molar-refractivity contribution in [1.29, 1.82) is 0 Å². The minimum Gasteiger partial charge on any atom is -0.368 e. The van der Waals surface area contributed by atoms with E-state index in [1.807, 2.05) is 24.2 Å². The van der Waals surface area contributed by atoms with Crippen LogP contribution in [-0.4, -0.2) is 47.7 Å². The second kappa shape index (κ2) is 7.88. The smallest absolute Gasteiger partial charge is 0.282 e. The van der Waals surface area contributed by atoms with Gasteiger partial charge in [-0.15, -0.1) is 0 Å². The molecule has 0 bridgehead atoms. The van der Waals surface area contributed by atoms with Crippen molar-refractivity contribution in [2.45, 2.75) is 38.0 Å². The van der Waals surface area contributed by atoms with Crippen LogP contribution in [0.25, 0.3) is 22.4 Å². The van der Waals surface area contributed by atoms with Gasteiger partial charge in [0.05, 0.1) is 6.33 Å². The molecule has 4 aromatic heterocycles. The molecule has 10 nitrogen and oxygen atoms in total. The topological polar surface area (TPSA) is 123 Å². The Kier molecular flexibility index (Phi) is 4.99. The van der Waals surface area contributed by atoms with E-state index in [2.05, 4.69) is 40.0 Å². The van der Waals surface area contributed by atoms with Crippen molar-refractivity contribution >= 4 is 34.1 Å². The summed E-state index contributed by atoms with van der Waals surface area (Å²) in [7, 11) is 1.93. The number of rotatable bonds is 8. The number of likely N-dealkylation sites (N-methyl/N-ethyl adjacent to an activating group) is 1. The number of H-pyrrole nitrogens is 1. The maximum atomic E-state index is 13.7. The number of nitrogens with two attached hydrogens (primary N) is 1. The summed E-state index contributed by atoms with van der Waals surface area (Å²) in [6.07, 6.45) is 8.00. The van der Waals surface area contributed by atoms with E-state index in [0.29, 0.717) is 46.5 Å². The van der Waals surface area contributed by atoms with Crippen molar-refractivity contribution in [1.82, 2.24) is 34.1 Å². The molecule has 4 aromatic rings. The summed E-state index contributed by atoms with van der Waals surface area (Å²) >= 11 is 0. The monoisotopic (exact) mass is 445 g/mol. The van der Waals surface area contributed by atoms with Crippen molar-refractivity contribution in [2.24, 2.45) is 0 Å². The fourth-order valence-corrected chi connectivity index (χ4v) is 4.38. The van der Waals surface area contributed by atoms with Crippen LogP contribution < -0.4 is 16.2 Å². The van der Waals surface area contributed by atoms with E-state index < -0.39 is 0 Å². The van der Waals surface area contributed by atoms with Crippen molar-refractivity contribution < 1.29 is 0 Å². The van der Waals surface area contributed by atoms with Crippen LogP contribution in [0, 0.1) is 0 Å². The lowest BCUT2D eigenvalue weighted by molar-refractivity contribution is 0.572. The van der Waals surface area contributed by atoms with Crippen LogP contribution >= 0.6 is 0 Å². The van der Waals surface area contributed by atoms with E-state index in [1.165, 1.54) is 0 Å². The molecule has 1 saturated carbocycles. The Balaban J connectivity index is 1.60. The van der Waals surface area contributed by atoms with E-state index >= 15 is 0 Å². The number of fused-ring (bicyclic) bond motifs is 2. The van der Waals surface area contributed by atoms with Gasteiger partial charge in [0.25, 0.3) is 5.56 Å². The molecule has 1 aliphatic carbocycles. The summed E-state index contributed by atoms with van der Waals surface area (Å²) in [6.45, 7) is 10.5. The zero-order valence-corrected chi connectivity index (χ0v) is 18.8. The lowest BCUT2D eigenvalue weighted by Crippen LogP contribution is -2.33. The van der Waals surface area contributed by atoms with Crippen molar-refractivity contribution in [3.63, 3.8) is 0 Å². The number of allylic oxidation sites excluding steroid dienone is 2. The highest BCUT2D eigenvalue weighted by molar-refractivity contribution is 5.84. The van der Waals surface area contributed by atoms with Crippen LogP contribution in [0.15, 0.2) is 42.6 Å². The highest BCUT2D eigenvalue weighted by Crippen LogP contribution is 2.41. The maximum absolute atomic E-state index is 13.7. The number of aromatic amines is 1. The van der Waals surface area contributed by atoms with Gasteiger partial charge in [-0.3, -0.25) is 9.36 Å². The summed E-state index contributed by atoms with van der Waals surface area (Å²) < 4.78 is 3.33. The third kappa shape index (κ3) is 3.47. The molecule has 0 spiro atoms. The predicted molar refractivity (Wildman–Crippen MR) is 129 cm³/mol. The molecule has 1 fully saturated rings. The first-order chi connectivity index (χ1) is 15.9. The standard InChI is InChI=1S/C23H27N9O/c1-5-13(3)32-20(29-31-10-9-16(15-7-8-15)18(31)22(32)33)14(6-2)11-30(4)21-17-19(26-12-25-17)27-23(24)28-21/h5,9-10,12,14-15H,1,3,6-8,11H2,2,4H3,(H3,24,25,26,27,28). The van der Waals surface area contributed by atoms with Crippen LogP contribution in [0.3, 0.4) is 0 Å². The van der Waals surface area contributed by atoms with Gasteiger partial charge in [-0.05, 0) is 42.9 Å². The van der Waals surface area contributed by atoms with E-state index in [4.69, 9.17) is 10.8 Å². The number of aromatic nitrogens is 7. The van der Waals surface area contributed by atoms with Gasteiger partial charge in [0.2, 0.25) is 5.95 Å². The number of nitrogens with one attached hydrogen (secondary N) is 1. The number of hydrogen-bond donors (Lipinski definition) is 2. The molecule has 0 saturated heterocycles. The fourth-order valence-electron chi connectivity index (χ4n) is 4.38. The zero-order valence-electron chi connectivity index (χ0n) is 18.8. The average Bonchev–Trinajstić information content (AvgIpc) is 3.38. The van der Waals surface area contributed by atoms with E-state index in [-0.39, 0.29) is 17.4 Å². The molecule has 5 rings (SSSR count). The van der Waals surface area contributed by atoms with Crippen LogP contribution in [0.1, 0.15) is 49.4 Å². The molecule has 0 amide bonds. The first-order valence-electron chi connectivity index (χ1n) is 11.1. The Morgan fingerprint density at radius 1 is 1.42 bits per heavy atom. The first kappa shape index (κ1) is 20.9. The molecule has 33 heavy (non-hydrogen) atoms. The number of nitrogen functional groups attached to an aromatic ring is 1. The van der Waals surface area contributed by atoms with Gasteiger partial charge >= 0.3 is 0 Å². The molecule has 4 heterocycles. The number of imidazole rings is 1. The molecular formula is C23H27N9O. The molecule has 1 atom stereocenters. The van der Waals surface area contributed by atoms with Gasteiger partial charge in [0.15, 0.2) is 11.5 Å². The van der Waals surface area contributed by atoms with Crippen LogP contribution in [0.2, 0.25) is 0 Å². The third-order valence-corrected chi connectivity index (χ3v) is 6.28. The van der Waals surface area contributed by atoms with Crippen molar-refractivity contribution in [3.05, 3.63) is 59.6 Å². The van der Waals surface area contributed by atoms with Gasteiger partial charge in [0.1, 0.15) is 16.9 Å². The molecule has 1 unspecified atom stereocenters. The van der Waals surface area contributed by atoms with Crippen molar-refractivity contribution in [3.8, 4) is 0 Å². The molecule has 0 aliphatic heterocycles. The molecule has 0 aromatic carbocycles. The van der Waals surface area contributed by atoms with E-state index in [9.17, 15) is 4.79 Å². The third-order valence-electron chi connectivity index (χ3n) is 6.28. The quantitative estimate of drug-likeness (QED) is 0.400. The Morgan fingerprint density at radius 3 is 2.91 bits per heavy atom. The highest BCUT2D eigenvalue weighted by Gasteiger charge is 2.30. The largest absolute Gasteiger partial charge is 0.368 e. The van der Waals surface area contributed by atoms with Gasteiger partial charge in [0, 0.05) is 31.4 Å². The normalized spacial score (nSPS) is 14.6. The van der Waals surface area contributed by atoms with Crippen LogP contribution in [0.5, 0.6) is 0 Å². The fraction of sp³-hybridized carbons (Fsp3) is 0.348. The maximum Gasteiger partial charge on any atom is 0.282 e. The minimum atomic E-state index is -0.111. The number of nitrogens with zero attached hydrogens (tertiary/aromatic N) is 7. The SMILES string of the molecule is C=CC(=C)n1c(C(CC)CN(C)c2nc(N)nc3nc[nH]c23)nn2ccc(C3CC3)c2c1=O. The number of hydrogen-bond acceptors (Lipinski definition) is 7. The molecule has 170 valence electrons. The Morgan fingerprint density at radius 2 is 2.21 bits per heavy atom. The van der Waals surface area contributed by atoms with Gasteiger partial charge in [-0.25, -0.2) is 9.50 Å². The summed E-state index contributed by atoms with van der Waals surface area (Å²) in [5.74, 6) is 1.77. The Hall–Kier alpha value is -3.95. The van der Waals surface area contributed by atoms with Crippen molar-refractivity contribution in [2.75, 3.05) is 24.2 Å². The van der Waals surface area contributed by atoms with E-state index in [1.54, 1.807) is 21.5 Å². The molecule has 1 aliphatic rings. The van der Waals surface area contributed by atoms with Gasteiger partial charge < -0.3 is 15.6 Å². The molecular weight excluding hydrogens is 418 g/mol. The minimum absolute atomic E-state index is 0.0928. The second-order valence-corrected chi connectivity index (χ2v) is 8.53. The first-order valence-corrected chi connectivity index (χ1v) is 11.1. The molecule has 0 radical (unpaired) electrons. The summed E-state index contributed by atoms with van der Waals surface area (Å²) in [5, 5.41) is 4.89. The Labute approximate surface area is 190 Å². The van der Waals surface area contributed by atoms with Crippen LogP contribution in [0.4, 0.5) is 11.8 Å². The lowest BCUT2D eigenvalue weighted by atomic mass is 10.0. The molecule has 10 heteroatoms. The lowest BCUT2D eigenvalue weighted by Gasteiger charge is -2.26. The number of anilines is 2. The summed E-state index contributed by atoms with van der Waals surface area (Å²) in [5.41, 5.74) is 9.20. The average molecular weight is 446 g/mol. The summed E-state index contributed by atoms with van der Waals surface area (Å²) in [6, 6.07) is 2.01. The van der Waals surface area contributed by atoms with Crippen LogP contribution in [-0.2, 0) is 0 Å². The van der Waals surface area contributed by atoms with Gasteiger partial charge in [-0.2, -0.15) is 15.1 Å². The predicted octanol–water partition coefficient (Wildman–Crippen LogP) is 2.91. The second-order valence-electron chi connectivity index (χ2n) is 8.53. The van der Waals surface area contributed by atoms with Gasteiger partial charge in [-0.1, -0.05) is 20.1 Å².